The third-order valence-electron chi connectivity index (χ3n) is 1.21. The molecule has 0 aromatic carbocycles. The van der Waals surface area contributed by atoms with E-state index in [-0.39, 0.29) is 18.2 Å². The number of carboxylic acids is 1. The number of nitrogens with zero attached hydrogens (tertiary/aromatic N) is 1. The highest BCUT2D eigenvalue weighted by atomic mass is 16.4. The molecule has 0 aromatic rings. The minimum atomic E-state index is -1.10. The SMILES string of the molecule is CC(C)CC(=O)N(N)CC(=O)O. The average Bonchev–Trinajstić information content (AvgIpc) is 1.84. The molecule has 0 saturated carbocycles. The highest BCUT2D eigenvalue weighted by Gasteiger charge is 2.13. The molecule has 5 heteroatoms. The lowest BCUT2D eigenvalue weighted by atomic mass is 10.1. The summed E-state index contributed by atoms with van der Waals surface area (Å²) in [5.74, 6) is 3.92. The van der Waals surface area contributed by atoms with Crippen LogP contribution in [0.4, 0.5) is 0 Å². The first-order valence-electron chi connectivity index (χ1n) is 3.70. The Morgan fingerprint density at radius 1 is 1.50 bits per heavy atom. The van der Waals surface area contributed by atoms with E-state index in [4.69, 9.17) is 10.9 Å². The Morgan fingerprint density at radius 2 is 2.00 bits per heavy atom. The van der Waals surface area contributed by atoms with Crippen LogP contribution in [0.25, 0.3) is 0 Å². The highest BCUT2D eigenvalue weighted by Crippen LogP contribution is 2.00. The van der Waals surface area contributed by atoms with Crippen LogP contribution in [0.1, 0.15) is 20.3 Å². The maximum atomic E-state index is 11.0. The van der Waals surface area contributed by atoms with Crippen molar-refractivity contribution in [1.29, 1.82) is 0 Å². The molecule has 0 fully saturated rings. The molecule has 0 aliphatic carbocycles. The third kappa shape index (κ3) is 4.68. The molecule has 70 valence electrons. The van der Waals surface area contributed by atoms with Gasteiger partial charge in [0, 0.05) is 6.42 Å². The number of carbonyl (C=O) groups is 2. The van der Waals surface area contributed by atoms with E-state index in [1.54, 1.807) is 0 Å². The lowest BCUT2D eigenvalue weighted by Gasteiger charge is -2.14. The van der Waals surface area contributed by atoms with Gasteiger partial charge >= 0.3 is 5.97 Å². The standard InChI is InChI=1S/C7H14N2O3/c1-5(2)3-6(10)9(8)4-7(11)12/h5H,3-4,8H2,1-2H3,(H,11,12). The third-order valence-corrected chi connectivity index (χ3v) is 1.21. The maximum Gasteiger partial charge on any atom is 0.324 e. The number of carbonyl (C=O) groups excluding carboxylic acids is 1. The van der Waals surface area contributed by atoms with E-state index in [1.165, 1.54) is 0 Å². The summed E-state index contributed by atoms with van der Waals surface area (Å²) >= 11 is 0. The first kappa shape index (κ1) is 10.9. The topological polar surface area (TPSA) is 83.6 Å². The Labute approximate surface area is 71.1 Å². The van der Waals surface area contributed by atoms with E-state index in [9.17, 15) is 9.59 Å². The molecule has 5 nitrogen and oxygen atoms in total. The minimum Gasteiger partial charge on any atom is -0.480 e. The molecule has 3 N–H and O–H groups in total. The van der Waals surface area contributed by atoms with Crippen LogP contribution in [0.5, 0.6) is 0 Å². The fourth-order valence-corrected chi connectivity index (χ4v) is 0.700. The molecule has 0 rings (SSSR count). The summed E-state index contributed by atoms with van der Waals surface area (Å²) in [7, 11) is 0. The molecule has 0 radical (unpaired) electrons. The van der Waals surface area contributed by atoms with E-state index in [0.717, 1.165) is 5.01 Å². The van der Waals surface area contributed by atoms with Gasteiger partial charge in [0.05, 0.1) is 0 Å². The lowest BCUT2D eigenvalue weighted by molar-refractivity contribution is -0.144. The second-order valence-corrected chi connectivity index (χ2v) is 3.01. The monoisotopic (exact) mass is 174 g/mol. The molecular weight excluding hydrogens is 160 g/mol. The van der Waals surface area contributed by atoms with Crippen molar-refractivity contribution in [2.45, 2.75) is 20.3 Å². The molecule has 0 heterocycles. The summed E-state index contributed by atoms with van der Waals surface area (Å²) in [5.41, 5.74) is 0. The van der Waals surface area contributed by atoms with Gasteiger partial charge in [-0.2, -0.15) is 0 Å². The van der Waals surface area contributed by atoms with Crippen LogP contribution in [0.3, 0.4) is 0 Å². The molecule has 0 unspecified atom stereocenters. The molecule has 12 heavy (non-hydrogen) atoms. The zero-order chi connectivity index (χ0) is 9.72. The molecule has 0 saturated heterocycles. The minimum absolute atomic E-state index is 0.192. The molecule has 0 aliphatic heterocycles. The van der Waals surface area contributed by atoms with Crippen LogP contribution in [0.2, 0.25) is 0 Å². The number of amides is 1. The Kier molecular flexibility index (Phi) is 4.28. The number of rotatable bonds is 4. The van der Waals surface area contributed by atoms with Gasteiger partial charge < -0.3 is 5.11 Å². The van der Waals surface area contributed by atoms with Gasteiger partial charge in [0.2, 0.25) is 5.91 Å². The number of carboxylic acid groups (broad SMARTS) is 1. The van der Waals surface area contributed by atoms with Gasteiger partial charge in [-0.25, -0.2) is 5.84 Å². The van der Waals surface area contributed by atoms with Gasteiger partial charge in [-0.15, -0.1) is 0 Å². The van der Waals surface area contributed by atoms with E-state index in [0.29, 0.717) is 0 Å². The summed E-state index contributed by atoms with van der Waals surface area (Å²) < 4.78 is 0. The van der Waals surface area contributed by atoms with Crippen molar-refractivity contribution >= 4 is 11.9 Å². The summed E-state index contributed by atoms with van der Waals surface area (Å²) in [5, 5.41) is 9.02. The predicted octanol–water partition coefficient (Wildman–Crippen LogP) is -0.181. The smallest absolute Gasteiger partial charge is 0.324 e. The Balaban J connectivity index is 3.85. The van der Waals surface area contributed by atoms with E-state index in [1.807, 2.05) is 13.8 Å². The zero-order valence-corrected chi connectivity index (χ0v) is 7.28. The van der Waals surface area contributed by atoms with Crippen molar-refractivity contribution in [2.75, 3.05) is 6.54 Å². The first-order chi connectivity index (χ1) is 5.43. The molecule has 0 aromatic heterocycles. The summed E-state index contributed by atoms with van der Waals surface area (Å²) in [6, 6.07) is 0. The van der Waals surface area contributed by atoms with Crippen molar-refractivity contribution in [3.05, 3.63) is 0 Å². The normalized spacial score (nSPS) is 10.0. The van der Waals surface area contributed by atoms with Crippen LogP contribution in [0, 0.1) is 5.92 Å². The van der Waals surface area contributed by atoms with E-state index >= 15 is 0 Å². The fraction of sp³-hybridized carbons (Fsp3) is 0.714. The highest BCUT2D eigenvalue weighted by molar-refractivity contribution is 5.80. The van der Waals surface area contributed by atoms with Gasteiger partial charge in [-0.3, -0.25) is 14.6 Å². The van der Waals surface area contributed by atoms with Gasteiger partial charge in [0.1, 0.15) is 6.54 Å². The van der Waals surface area contributed by atoms with Crippen LogP contribution in [-0.2, 0) is 9.59 Å². The first-order valence-corrected chi connectivity index (χ1v) is 3.70. The number of nitrogens with two attached hydrogens (primary N) is 1. The second kappa shape index (κ2) is 4.71. The molecule has 1 amide bonds. The molecule has 0 bridgehead atoms. The van der Waals surface area contributed by atoms with E-state index in [2.05, 4.69) is 0 Å². The van der Waals surface area contributed by atoms with Crippen molar-refractivity contribution < 1.29 is 14.7 Å². The molecule has 0 aliphatic rings. The quantitative estimate of drug-likeness (QED) is 0.352. The Bertz CT molecular complexity index is 179. The summed E-state index contributed by atoms with van der Waals surface area (Å²) in [6.07, 6.45) is 0.282. The lowest BCUT2D eigenvalue weighted by Crippen LogP contribution is -2.41. The van der Waals surface area contributed by atoms with Crippen molar-refractivity contribution in [2.24, 2.45) is 11.8 Å². The van der Waals surface area contributed by atoms with Crippen LogP contribution < -0.4 is 5.84 Å². The summed E-state index contributed by atoms with van der Waals surface area (Å²) in [6.45, 7) is 3.30. The van der Waals surface area contributed by atoms with E-state index < -0.39 is 12.5 Å². The van der Waals surface area contributed by atoms with Crippen LogP contribution >= 0.6 is 0 Å². The number of hydrogen-bond acceptors (Lipinski definition) is 3. The predicted molar refractivity (Wildman–Crippen MR) is 43.0 cm³/mol. The van der Waals surface area contributed by atoms with Gasteiger partial charge in [0.25, 0.3) is 0 Å². The number of hydrogen-bond donors (Lipinski definition) is 2. The second-order valence-electron chi connectivity index (χ2n) is 3.01. The zero-order valence-electron chi connectivity index (χ0n) is 7.28. The van der Waals surface area contributed by atoms with Crippen molar-refractivity contribution in [1.82, 2.24) is 5.01 Å². The summed E-state index contributed by atoms with van der Waals surface area (Å²) in [4.78, 5) is 21.2. The van der Waals surface area contributed by atoms with Crippen LogP contribution in [0.15, 0.2) is 0 Å². The fourth-order valence-electron chi connectivity index (χ4n) is 0.700. The average molecular weight is 174 g/mol. The number of hydrazine groups is 1. The maximum absolute atomic E-state index is 11.0. The molecule has 0 spiro atoms. The van der Waals surface area contributed by atoms with Crippen molar-refractivity contribution in [3.8, 4) is 0 Å². The van der Waals surface area contributed by atoms with Crippen molar-refractivity contribution in [3.63, 3.8) is 0 Å². The largest absolute Gasteiger partial charge is 0.480 e. The Hall–Kier alpha value is -1.10. The Morgan fingerprint density at radius 3 is 2.33 bits per heavy atom. The van der Waals surface area contributed by atoms with Gasteiger partial charge in [-0.05, 0) is 5.92 Å². The molecular formula is C7H14N2O3. The number of aliphatic carboxylic acids is 1. The van der Waals surface area contributed by atoms with Gasteiger partial charge in [0.15, 0.2) is 0 Å². The molecule has 0 atom stereocenters. The van der Waals surface area contributed by atoms with Gasteiger partial charge in [-0.1, -0.05) is 13.8 Å². The van der Waals surface area contributed by atoms with Crippen LogP contribution in [-0.4, -0.2) is 28.5 Å².